The Morgan fingerprint density at radius 1 is 1.23 bits per heavy atom. The fourth-order valence-electron chi connectivity index (χ4n) is 0.856. The maximum atomic E-state index is 11.9. The predicted octanol–water partition coefficient (Wildman–Crippen LogP) is 2.89. The number of methoxy groups -OCH3 is 1. The second kappa shape index (κ2) is 6.57. The molecular weight excluding hydrogens is 178 g/mol. The van der Waals surface area contributed by atoms with Gasteiger partial charge in [-0.3, -0.25) is 4.79 Å². The van der Waals surface area contributed by atoms with Gasteiger partial charge < -0.3 is 4.74 Å². The summed E-state index contributed by atoms with van der Waals surface area (Å²) in [5.74, 6) is -0.289. The summed E-state index contributed by atoms with van der Waals surface area (Å²) < 4.78 is 28.1. The Morgan fingerprint density at radius 3 is 2.23 bits per heavy atom. The van der Waals surface area contributed by atoms with Crippen molar-refractivity contribution in [3.63, 3.8) is 0 Å². The minimum Gasteiger partial charge on any atom is -0.469 e. The molecule has 0 aromatic heterocycles. The number of unbranched alkanes of at least 4 members (excludes halogenated alkanes) is 1. The highest BCUT2D eigenvalue weighted by molar-refractivity contribution is 5.68. The van der Waals surface area contributed by atoms with Crippen LogP contribution in [0, 0.1) is 0 Å². The maximum absolute atomic E-state index is 11.9. The fourth-order valence-corrected chi connectivity index (χ4v) is 0.856. The highest BCUT2D eigenvalue weighted by Crippen LogP contribution is 2.14. The number of hydrogen-bond donors (Lipinski definition) is 0. The van der Waals surface area contributed by atoms with Crippen molar-refractivity contribution >= 4 is 5.97 Å². The third-order valence-corrected chi connectivity index (χ3v) is 1.73. The molecule has 0 aliphatic rings. The summed E-state index contributed by atoms with van der Waals surface area (Å²) in [6, 6.07) is 0. The molecule has 0 aliphatic heterocycles. The molecule has 0 bridgehead atoms. The summed E-state index contributed by atoms with van der Waals surface area (Å²) in [4.78, 5) is 10.6. The van der Waals surface area contributed by atoms with Gasteiger partial charge in [-0.1, -0.05) is 0 Å². The average Bonchev–Trinajstić information content (AvgIpc) is 2.11. The van der Waals surface area contributed by atoms with E-state index in [0.717, 1.165) is 0 Å². The number of rotatable bonds is 5. The van der Waals surface area contributed by atoms with E-state index in [1.807, 2.05) is 0 Å². The van der Waals surface area contributed by atoms with E-state index in [-0.39, 0.29) is 11.5 Å². The Bertz CT molecular complexity index is 196. The predicted molar refractivity (Wildman–Crippen MR) is 45.4 cm³/mol. The summed E-state index contributed by atoms with van der Waals surface area (Å²) >= 11 is 0. The number of esters is 1. The van der Waals surface area contributed by atoms with Crippen LogP contribution >= 0.6 is 0 Å². The summed E-state index contributed by atoms with van der Waals surface area (Å²) in [7, 11) is 1.31. The van der Waals surface area contributed by atoms with Gasteiger partial charge >= 0.3 is 5.97 Å². The number of ether oxygens (including phenoxy) is 1. The molecule has 2 nitrogen and oxygen atoms in total. The standard InChI is InChI=1S/C9H14F2O2/c1-7(9(10)11)5-3-4-6-8(12)13-2/h3-6H2,1-2H3. The second-order valence-electron chi connectivity index (χ2n) is 2.82. The first kappa shape index (κ1) is 12.1. The smallest absolute Gasteiger partial charge is 0.305 e. The molecule has 0 fully saturated rings. The molecule has 0 aliphatic carbocycles. The van der Waals surface area contributed by atoms with Crippen molar-refractivity contribution in [2.75, 3.05) is 7.11 Å². The van der Waals surface area contributed by atoms with Gasteiger partial charge in [-0.05, 0) is 31.8 Å². The van der Waals surface area contributed by atoms with E-state index in [1.54, 1.807) is 0 Å². The molecule has 0 rings (SSSR count). The van der Waals surface area contributed by atoms with Crippen molar-refractivity contribution in [3.8, 4) is 0 Å². The highest BCUT2D eigenvalue weighted by atomic mass is 19.3. The monoisotopic (exact) mass is 192 g/mol. The maximum Gasteiger partial charge on any atom is 0.305 e. The van der Waals surface area contributed by atoms with Crippen molar-refractivity contribution in [3.05, 3.63) is 11.7 Å². The van der Waals surface area contributed by atoms with E-state index in [2.05, 4.69) is 4.74 Å². The third kappa shape index (κ3) is 6.25. The molecular formula is C9H14F2O2. The first-order chi connectivity index (χ1) is 6.07. The van der Waals surface area contributed by atoms with Crippen LogP contribution in [0.3, 0.4) is 0 Å². The minimum absolute atomic E-state index is 0.102. The van der Waals surface area contributed by atoms with Gasteiger partial charge in [0.25, 0.3) is 6.08 Å². The molecule has 0 amide bonds. The van der Waals surface area contributed by atoms with Crippen LogP contribution < -0.4 is 0 Å². The molecule has 4 heteroatoms. The van der Waals surface area contributed by atoms with Gasteiger partial charge in [0, 0.05) is 6.42 Å². The van der Waals surface area contributed by atoms with Gasteiger partial charge in [0.05, 0.1) is 7.11 Å². The highest BCUT2D eigenvalue weighted by Gasteiger charge is 2.02. The summed E-state index contributed by atoms with van der Waals surface area (Å²) in [6.07, 6.45) is 0.227. The molecule has 0 heterocycles. The lowest BCUT2D eigenvalue weighted by molar-refractivity contribution is -0.140. The van der Waals surface area contributed by atoms with E-state index < -0.39 is 6.08 Å². The molecule has 0 atom stereocenters. The molecule has 0 unspecified atom stereocenters. The minimum atomic E-state index is -1.61. The average molecular weight is 192 g/mol. The number of halogens is 2. The van der Waals surface area contributed by atoms with E-state index in [4.69, 9.17) is 0 Å². The van der Waals surface area contributed by atoms with Crippen molar-refractivity contribution < 1.29 is 18.3 Å². The number of carbonyl (C=O) groups excluding carboxylic acids is 1. The first-order valence-corrected chi connectivity index (χ1v) is 4.15. The van der Waals surface area contributed by atoms with Gasteiger partial charge in [0.15, 0.2) is 0 Å². The first-order valence-electron chi connectivity index (χ1n) is 4.15. The van der Waals surface area contributed by atoms with E-state index >= 15 is 0 Å². The lowest BCUT2D eigenvalue weighted by Crippen LogP contribution is -1.99. The van der Waals surface area contributed by atoms with Crippen LogP contribution in [-0.2, 0) is 9.53 Å². The Labute approximate surface area is 76.6 Å². The lowest BCUT2D eigenvalue weighted by Gasteiger charge is -1.99. The Kier molecular flexibility index (Phi) is 6.10. The van der Waals surface area contributed by atoms with E-state index in [1.165, 1.54) is 14.0 Å². The number of hydrogen-bond acceptors (Lipinski definition) is 2. The zero-order chi connectivity index (χ0) is 10.3. The van der Waals surface area contributed by atoms with Gasteiger partial charge in [0.1, 0.15) is 0 Å². The van der Waals surface area contributed by atoms with Crippen molar-refractivity contribution in [2.45, 2.75) is 32.6 Å². The van der Waals surface area contributed by atoms with Crippen molar-refractivity contribution in [2.24, 2.45) is 0 Å². The number of allylic oxidation sites excluding steroid dienone is 1. The summed E-state index contributed by atoms with van der Waals surface area (Å²) in [5.41, 5.74) is 0.102. The van der Waals surface area contributed by atoms with Crippen LogP contribution in [0.5, 0.6) is 0 Å². The molecule has 76 valence electrons. The van der Waals surface area contributed by atoms with Gasteiger partial charge in [-0.25, -0.2) is 0 Å². The largest absolute Gasteiger partial charge is 0.469 e. The summed E-state index contributed by atoms with van der Waals surface area (Å²) in [6.45, 7) is 1.40. The van der Waals surface area contributed by atoms with Gasteiger partial charge in [-0.2, -0.15) is 8.78 Å². The van der Waals surface area contributed by atoms with Crippen LogP contribution in [-0.4, -0.2) is 13.1 Å². The molecule has 0 saturated carbocycles. The Morgan fingerprint density at radius 2 is 1.77 bits per heavy atom. The van der Waals surface area contributed by atoms with E-state index in [9.17, 15) is 13.6 Å². The van der Waals surface area contributed by atoms with E-state index in [0.29, 0.717) is 25.7 Å². The van der Waals surface area contributed by atoms with Crippen molar-refractivity contribution in [1.29, 1.82) is 0 Å². The second-order valence-corrected chi connectivity index (χ2v) is 2.82. The summed E-state index contributed by atoms with van der Waals surface area (Å²) in [5, 5.41) is 0. The molecule has 0 aromatic carbocycles. The fraction of sp³-hybridized carbons (Fsp3) is 0.667. The van der Waals surface area contributed by atoms with Crippen LogP contribution in [0.4, 0.5) is 8.78 Å². The van der Waals surface area contributed by atoms with Crippen LogP contribution in [0.25, 0.3) is 0 Å². The molecule has 13 heavy (non-hydrogen) atoms. The van der Waals surface area contributed by atoms with Crippen LogP contribution in [0.1, 0.15) is 32.6 Å². The van der Waals surface area contributed by atoms with Gasteiger partial charge in [-0.15, -0.1) is 0 Å². The lowest BCUT2D eigenvalue weighted by atomic mass is 10.1. The quantitative estimate of drug-likeness (QED) is 0.494. The normalized spacial score (nSPS) is 9.54. The van der Waals surface area contributed by atoms with Crippen LogP contribution in [0.15, 0.2) is 11.7 Å². The third-order valence-electron chi connectivity index (χ3n) is 1.73. The molecule has 0 N–H and O–H groups in total. The Balaban J connectivity index is 3.47. The zero-order valence-electron chi connectivity index (χ0n) is 7.90. The number of carbonyl (C=O) groups is 1. The topological polar surface area (TPSA) is 26.3 Å². The molecule has 0 spiro atoms. The van der Waals surface area contributed by atoms with Gasteiger partial charge in [0.2, 0.25) is 0 Å². The Hall–Kier alpha value is -0.930. The SMILES string of the molecule is COC(=O)CCCCC(C)=C(F)F. The molecule has 0 saturated heterocycles. The molecule has 0 radical (unpaired) electrons. The molecule has 0 aromatic rings. The van der Waals surface area contributed by atoms with Crippen LogP contribution in [0.2, 0.25) is 0 Å². The van der Waals surface area contributed by atoms with Crippen molar-refractivity contribution in [1.82, 2.24) is 0 Å². The zero-order valence-corrected chi connectivity index (χ0v) is 7.90.